The number of piperidine rings is 1. The Morgan fingerprint density at radius 1 is 1.29 bits per heavy atom. The number of rotatable bonds is 2. The van der Waals surface area contributed by atoms with Gasteiger partial charge in [-0.25, -0.2) is 0 Å². The van der Waals surface area contributed by atoms with Gasteiger partial charge in [0.2, 0.25) is 12.3 Å². The molecule has 2 saturated heterocycles. The van der Waals surface area contributed by atoms with Crippen LogP contribution in [0, 0.1) is 17.3 Å². The van der Waals surface area contributed by atoms with Crippen molar-refractivity contribution in [2.24, 2.45) is 17.3 Å². The number of para-hydroxylation sites is 1. The molecule has 5 aliphatic rings. The smallest absolute Gasteiger partial charge is 0.311 e. The van der Waals surface area contributed by atoms with E-state index in [4.69, 9.17) is 4.74 Å². The Hall–Kier alpha value is -2.37. The van der Waals surface area contributed by atoms with Gasteiger partial charge >= 0.3 is 5.97 Å². The molecule has 2 amide bonds. The summed E-state index contributed by atoms with van der Waals surface area (Å²) in [5, 5.41) is 0. The number of fused-ring (bicyclic) bond motifs is 1. The van der Waals surface area contributed by atoms with Crippen LogP contribution in [0.1, 0.15) is 38.2 Å². The van der Waals surface area contributed by atoms with Gasteiger partial charge in [0.1, 0.15) is 0 Å². The molecule has 2 saturated carbocycles. The van der Waals surface area contributed by atoms with Crippen LogP contribution in [0.3, 0.4) is 0 Å². The molecule has 28 heavy (non-hydrogen) atoms. The van der Waals surface area contributed by atoms with Crippen molar-refractivity contribution in [1.82, 2.24) is 4.90 Å². The summed E-state index contributed by atoms with van der Waals surface area (Å²) in [5.74, 6) is -0.257. The number of carbonyl (C=O) groups is 3. The van der Waals surface area contributed by atoms with Crippen LogP contribution < -0.4 is 4.90 Å². The third-order valence-electron chi connectivity index (χ3n) is 9.18. The number of hydrogen-bond acceptors (Lipinski definition) is 4. The van der Waals surface area contributed by atoms with Crippen LogP contribution in [0.5, 0.6) is 0 Å². The molecule has 6 nitrogen and oxygen atoms in total. The van der Waals surface area contributed by atoms with E-state index in [2.05, 4.69) is 17.9 Å². The van der Waals surface area contributed by atoms with Crippen LogP contribution in [0.15, 0.2) is 24.3 Å². The van der Waals surface area contributed by atoms with Gasteiger partial charge in [-0.1, -0.05) is 25.1 Å². The molecule has 3 spiro atoms. The zero-order valence-electron chi connectivity index (χ0n) is 16.2. The molecule has 2 aliphatic carbocycles. The highest BCUT2D eigenvalue weighted by Gasteiger charge is 2.88. The molecule has 146 valence electrons. The van der Waals surface area contributed by atoms with Crippen LogP contribution in [-0.2, 0) is 24.5 Å². The minimum atomic E-state index is -0.657. The Morgan fingerprint density at radius 2 is 2.07 bits per heavy atom. The van der Waals surface area contributed by atoms with Crippen molar-refractivity contribution in [2.75, 3.05) is 18.6 Å². The fraction of sp³-hybridized carbons (Fsp3) is 0.591. The molecule has 3 aliphatic heterocycles. The van der Waals surface area contributed by atoms with Gasteiger partial charge in [-0.3, -0.25) is 14.4 Å². The summed E-state index contributed by atoms with van der Waals surface area (Å²) >= 11 is 0. The van der Waals surface area contributed by atoms with Gasteiger partial charge in [0.15, 0.2) is 0 Å². The van der Waals surface area contributed by atoms with E-state index < -0.39 is 11.0 Å². The molecule has 2 bridgehead atoms. The van der Waals surface area contributed by atoms with Gasteiger partial charge in [-0.05, 0) is 42.2 Å². The Labute approximate surface area is 163 Å². The summed E-state index contributed by atoms with van der Waals surface area (Å²) in [5.41, 5.74) is 0.838. The molecule has 1 aromatic rings. The van der Waals surface area contributed by atoms with E-state index in [1.54, 1.807) is 0 Å². The number of amides is 2. The molecule has 4 fully saturated rings. The van der Waals surface area contributed by atoms with E-state index >= 15 is 0 Å². The van der Waals surface area contributed by atoms with Crippen LogP contribution in [-0.4, -0.2) is 48.4 Å². The number of nitrogens with zero attached hydrogens (tertiary/aromatic N) is 2. The Bertz CT molecular complexity index is 946. The predicted octanol–water partition coefficient (Wildman–Crippen LogP) is 1.86. The monoisotopic (exact) mass is 380 g/mol. The molecule has 6 atom stereocenters. The van der Waals surface area contributed by atoms with Crippen LogP contribution >= 0.6 is 0 Å². The lowest BCUT2D eigenvalue weighted by Gasteiger charge is -2.52. The van der Waals surface area contributed by atoms with E-state index in [1.807, 2.05) is 23.1 Å². The zero-order chi connectivity index (χ0) is 19.5. The van der Waals surface area contributed by atoms with Crippen LogP contribution in [0.4, 0.5) is 5.69 Å². The normalized spacial score (nSPS) is 44.4. The quantitative estimate of drug-likeness (QED) is 0.580. The summed E-state index contributed by atoms with van der Waals surface area (Å²) in [7, 11) is 1.44. The molecule has 3 heterocycles. The van der Waals surface area contributed by atoms with Crippen molar-refractivity contribution in [3.63, 3.8) is 0 Å². The number of hydrogen-bond donors (Lipinski definition) is 0. The highest BCUT2D eigenvalue weighted by Crippen LogP contribution is 2.81. The summed E-state index contributed by atoms with van der Waals surface area (Å²) in [4.78, 5) is 42.4. The standard InChI is InChI=1S/C22H24N2O4/c1-13-20-8-7-17(26)23-10-9-21(19(20)23)14-5-3-4-6-16(14)24(12-25)22(13,21)15(11-20)18(27)28-2/h3-6,12-13,15,19H,7-11H2,1-2H3/t13-,15+,19+,20+,21-,22-/m1/s1. The van der Waals surface area contributed by atoms with Crippen molar-refractivity contribution in [3.05, 3.63) is 29.8 Å². The van der Waals surface area contributed by atoms with Crippen molar-refractivity contribution >= 4 is 24.0 Å². The minimum absolute atomic E-state index is 0.0586. The van der Waals surface area contributed by atoms with E-state index in [0.717, 1.165) is 30.5 Å². The predicted molar refractivity (Wildman–Crippen MR) is 100 cm³/mol. The van der Waals surface area contributed by atoms with E-state index in [1.165, 1.54) is 7.11 Å². The van der Waals surface area contributed by atoms with Crippen molar-refractivity contribution in [3.8, 4) is 0 Å². The molecule has 0 unspecified atom stereocenters. The largest absolute Gasteiger partial charge is 0.469 e. The molecule has 0 N–H and O–H groups in total. The molecule has 6 heteroatoms. The fourth-order valence-corrected chi connectivity index (χ4v) is 8.65. The summed E-state index contributed by atoms with van der Waals surface area (Å²) in [6, 6.07) is 8.11. The second kappa shape index (κ2) is 4.78. The number of carbonyl (C=O) groups excluding carboxylic acids is 3. The maximum absolute atomic E-state index is 13.1. The lowest BCUT2D eigenvalue weighted by atomic mass is 9.56. The van der Waals surface area contributed by atoms with Crippen LogP contribution in [0.2, 0.25) is 0 Å². The second-order valence-electron chi connectivity index (χ2n) is 9.26. The zero-order valence-corrected chi connectivity index (χ0v) is 16.2. The summed E-state index contributed by atoms with van der Waals surface area (Å²) in [6.07, 6.45) is 3.73. The lowest BCUT2D eigenvalue weighted by Crippen LogP contribution is -2.66. The number of esters is 1. The van der Waals surface area contributed by atoms with E-state index in [0.29, 0.717) is 19.4 Å². The topological polar surface area (TPSA) is 66.9 Å². The Balaban J connectivity index is 1.73. The third-order valence-corrected chi connectivity index (χ3v) is 9.18. The first kappa shape index (κ1) is 16.6. The Morgan fingerprint density at radius 3 is 2.82 bits per heavy atom. The average molecular weight is 380 g/mol. The molecular weight excluding hydrogens is 356 g/mol. The number of ether oxygens (including phenoxy) is 1. The highest BCUT2D eigenvalue weighted by atomic mass is 16.5. The molecular formula is C22H24N2O4. The molecule has 0 aromatic heterocycles. The van der Waals surface area contributed by atoms with E-state index in [-0.39, 0.29) is 35.2 Å². The first-order valence-electron chi connectivity index (χ1n) is 10.2. The Kier molecular flexibility index (Phi) is 2.83. The third kappa shape index (κ3) is 1.30. The highest BCUT2D eigenvalue weighted by molar-refractivity contribution is 5.93. The van der Waals surface area contributed by atoms with Gasteiger partial charge in [0.05, 0.1) is 18.6 Å². The van der Waals surface area contributed by atoms with E-state index in [9.17, 15) is 14.4 Å². The van der Waals surface area contributed by atoms with Crippen molar-refractivity contribution in [2.45, 2.75) is 49.6 Å². The number of benzene rings is 1. The fourth-order valence-electron chi connectivity index (χ4n) is 8.65. The second-order valence-corrected chi connectivity index (χ2v) is 9.26. The summed E-state index contributed by atoms with van der Waals surface area (Å²) < 4.78 is 5.27. The van der Waals surface area contributed by atoms with Gasteiger partial charge in [-0.15, -0.1) is 0 Å². The van der Waals surface area contributed by atoms with Gasteiger partial charge in [0, 0.05) is 30.1 Å². The van der Waals surface area contributed by atoms with Crippen LogP contribution in [0.25, 0.3) is 0 Å². The average Bonchev–Trinajstić information content (AvgIpc) is 3.37. The van der Waals surface area contributed by atoms with Crippen molar-refractivity contribution < 1.29 is 19.1 Å². The van der Waals surface area contributed by atoms with Gasteiger partial charge in [0.25, 0.3) is 0 Å². The molecule has 0 radical (unpaired) electrons. The lowest BCUT2D eigenvalue weighted by molar-refractivity contribution is -0.152. The first-order chi connectivity index (χ1) is 13.5. The SMILES string of the molecule is COC(=O)[C@@H]1C[C@@]23CCC(=O)N4CC[C@@]5(c6ccccc6N(C=O)[C@]15[C@@H]2C)[C@@H]43. The molecule has 6 rings (SSSR count). The number of anilines is 1. The summed E-state index contributed by atoms with van der Waals surface area (Å²) in [6.45, 7) is 2.91. The van der Waals surface area contributed by atoms with Gasteiger partial charge < -0.3 is 14.5 Å². The van der Waals surface area contributed by atoms with Gasteiger partial charge in [-0.2, -0.15) is 0 Å². The first-order valence-corrected chi connectivity index (χ1v) is 10.2. The number of methoxy groups -OCH3 is 1. The minimum Gasteiger partial charge on any atom is -0.469 e. The molecule has 1 aromatic carbocycles. The maximum atomic E-state index is 13.1. The van der Waals surface area contributed by atoms with Crippen molar-refractivity contribution in [1.29, 1.82) is 0 Å². The maximum Gasteiger partial charge on any atom is 0.311 e.